The molecule has 2 aromatic carbocycles. The number of anilines is 1. The molecule has 0 bridgehead atoms. The van der Waals surface area contributed by atoms with Gasteiger partial charge in [0.2, 0.25) is 10.7 Å². The lowest BCUT2D eigenvalue weighted by Crippen LogP contribution is -2.08. The van der Waals surface area contributed by atoms with Crippen molar-refractivity contribution >= 4 is 22.0 Å². The Morgan fingerprint density at radius 1 is 0.862 bits per heavy atom. The third-order valence-corrected chi connectivity index (χ3v) is 5.49. The number of aromatic nitrogens is 4. The van der Waals surface area contributed by atoms with Crippen molar-refractivity contribution < 1.29 is 14.2 Å². The fraction of sp³-hybridized carbons (Fsp3) is 0.250. The van der Waals surface area contributed by atoms with Gasteiger partial charge in [0.05, 0.1) is 21.3 Å². The minimum absolute atomic E-state index is 0.545. The Labute approximate surface area is 172 Å². The van der Waals surface area contributed by atoms with Crippen LogP contribution in [-0.4, -0.2) is 55.2 Å². The van der Waals surface area contributed by atoms with Crippen LogP contribution in [0.25, 0.3) is 26.9 Å². The Balaban J connectivity index is 1.78. The lowest BCUT2D eigenvalue weighted by molar-refractivity contribution is 0.324. The zero-order chi connectivity index (χ0) is 20.5. The van der Waals surface area contributed by atoms with Gasteiger partial charge in [-0.3, -0.25) is 0 Å². The molecular weight excluding hydrogens is 390 g/mol. The molecule has 0 radical (unpaired) electrons. The number of benzene rings is 2. The van der Waals surface area contributed by atoms with Crippen LogP contribution >= 0.6 is 11.3 Å². The molecule has 150 valence electrons. The second kappa shape index (κ2) is 7.59. The average Bonchev–Trinajstić information content (AvgIpc) is 3.33. The molecule has 4 aromatic rings. The highest BCUT2D eigenvalue weighted by Crippen LogP contribution is 2.42. The summed E-state index contributed by atoms with van der Waals surface area (Å²) in [6.07, 6.45) is 0. The van der Waals surface area contributed by atoms with Crippen molar-refractivity contribution in [2.24, 2.45) is 0 Å². The minimum Gasteiger partial charge on any atom is -0.493 e. The largest absolute Gasteiger partial charge is 0.493 e. The molecule has 0 fully saturated rings. The summed E-state index contributed by atoms with van der Waals surface area (Å²) in [4.78, 5) is 2.76. The van der Waals surface area contributed by atoms with E-state index in [2.05, 4.69) is 15.1 Å². The van der Waals surface area contributed by atoms with E-state index in [4.69, 9.17) is 19.3 Å². The molecule has 0 unspecified atom stereocenters. The number of rotatable bonds is 6. The van der Waals surface area contributed by atoms with Crippen LogP contribution in [0.2, 0.25) is 0 Å². The first-order chi connectivity index (χ1) is 14.0. The van der Waals surface area contributed by atoms with Gasteiger partial charge < -0.3 is 19.1 Å². The van der Waals surface area contributed by atoms with E-state index in [9.17, 15) is 0 Å². The topological polar surface area (TPSA) is 74.0 Å². The van der Waals surface area contributed by atoms with Gasteiger partial charge in [0.25, 0.3) is 0 Å². The monoisotopic (exact) mass is 411 g/mol. The molecule has 9 heteroatoms. The maximum Gasteiger partial charge on any atom is 0.235 e. The average molecular weight is 411 g/mol. The van der Waals surface area contributed by atoms with Gasteiger partial charge in [-0.15, -0.1) is 10.2 Å². The second-order valence-corrected chi connectivity index (χ2v) is 7.44. The van der Waals surface area contributed by atoms with Crippen LogP contribution in [-0.2, 0) is 0 Å². The highest BCUT2D eigenvalue weighted by molar-refractivity contribution is 7.19. The smallest absolute Gasteiger partial charge is 0.235 e. The molecule has 8 nitrogen and oxygen atoms in total. The second-order valence-electron chi connectivity index (χ2n) is 6.48. The normalized spacial score (nSPS) is 10.9. The molecule has 2 aromatic heterocycles. The number of fused-ring (bicyclic) bond motifs is 1. The van der Waals surface area contributed by atoms with E-state index in [0.29, 0.717) is 28.0 Å². The zero-order valence-corrected chi connectivity index (χ0v) is 17.6. The van der Waals surface area contributed by atoms with E-state index in [1.54, 1.807) is 25.8 Å². The lowest BCUT2D eigenvalue weighted by Gasteiger charge is -2.13. The number of hydrogen-bond donors (Lipinski definition) is 0. The van der Waals surface area contributed by atoms with Crippen molar-refractivity contribution in [3.05, 3.63) is 36.4 Å². The molecule has 0 saturated carbocycles. The van der Waals surface area contributed by atoms with Gasteiger partial charge in [-0.25, -0.2) is 0 Å². The first kappa shape index (κ1) is 19.0. The molecule has 29 heavy (non-hydrogen) atoms. The molecule has 0 saturated heterocycles. The quantitative estimate of drug-likeness (QED) is 0.480. The summed E-state index contributed by atoms with van der Waals surface area (Å²) in [7, 11) is 8.78. The molecule has 0 atom stereocenters. The molecular formula is C20H21N5O3S. The maximum absolute atomic E-state index is 5.45. The van der Waals surface area contributed by atoms with Crippen molar-refractivity contribution in [1.29, 1.82) is 0 Å². The van der Waals surface area contributed by atoms with E-state index >= 15 is 0 Å². The van der Waals surface area contributed by atoms with Crippen molar-refractivity contribution in [3.8, 4) is 39.2 Å². The highest BCUT2D eigenvalue weighted by atomic mass is 32.1. The number of hydrogen-bond acceptors (Lipinski definition) is 8. The summed E-state index contributed by atoms with van der Waals surface area (Å²) in [5.41, 5.74) is 2.92. The third-order valence-electron chi connectivity index (χ3n) is 4.54. The van der Waals surface area contributed by atoms with Crippen molar-refractivity contribution in [3.63, 3.8) is 0 Å². The molecule has 0 amide bonds. The van der Waals surface area contributed by atoms with Crippen LogP contribution in [0.4, 0.5) is 5.69 Å². The SMILES string of the molecule is COc1cc(-c2nn3c(-c4ccc(N(C)C)cc4)nnc3s2)cc(OC)c1OC. The molecule has 0 N–H and O–H groups in total. The van der Waals surface area contributed by atoms with E-state index in [1.165, 1.54) is 11.3 Å². The first-order valence-electron chi connectivity index (χ1n) is 8.86. The summed E-state index contributed by atoms with van der Waals surface area (Å²) in [5.74, 6) is 2.39. The van der Waals surface area contributed by atoms with E-state index in [1.807, 2.05) is 50.5 Å². The van der Waals surface area contributed by atoms with Gasteiger partial charge in [0.1, 0.15) is 5.01 Å². The van der Waals surface area contributed by atoms with Gasteiger partial charge >= 0.3 is 0 Å². The Morgan fingerprint density at radius 2 is 1.52 bits per heavy atom. The van der Waals surface area contributed by atoms with Gasteiger partial charge in [-0.05, 0) is 36.4 Å². The maximum atomic E-state index is 5.45. The van der Waals surface area contributed by atoms with E-state index in [0.717, 1.165) is 21.8 Å². The summed E-state index contributed by atoms with van der Waals surface area (Å²) in [6, 6.07) is 11.9. The number of nitrogens with zero attached hydrogens (tertiary/aromatic N) is 5. The van der Waals surface area contributed by atoms with Crippen molar-refractivity contribution in [2.45, 2.75) is 0 Å². The summed E-state index contributed by atoms with van der Waals surface area (Å²) in [5, 5.41) is 14.1. The standard InChI is InChI=1S/C20H21N5O3S/c1-24(2)14-8-6-12(7-9-14)18-21-22-20-25(18)23-19(29-20)13-10-15(26-3)17(28-5)16(11-13)27-4/h6-11H,1-5H3. The van der Waals surface area contributed by atoms with Crippen molar-refractivity contribution in [2.75, 3.05) is 40.3 Å². The summed E-state index contributed by atoms with van der Waals surface area (Å²) >= 11 is 1.44. The van der Waals surface area contributed by atoms with Gasteiger partial charge in [-0.2, -0.15) is 9.61 Å². The molecule has 0 aliphatic carbocycles. The molecule has 0 aliphatic rings. The van der Waals surface area contributed by atoms with Crippen LogP contribution in [0.1, 0.15) is 0 Å². The molecule has 4 rings (SSSR count). The number of ether oxygens (including phenoxy) is 3. The Hall–Kier alpha value is -3.33. The van der Waals surface area contributed by atoms with Crippen molar-refractivity contribution in [1.82, 2.24) is 19.8 Å². The first-order valence-corrected chi connectivity index (χ1v) is 9.67. The van der Waals surface area contributed by atoms with Crippen LogP contribution in [0.15, 0.2) is 36.4 Å². The number of methoxy groups -OCH3 is 3. The summed E-state index contributed by atoms with van der Waals surface area (Å²) in [6.45, 7) is 0. The Morgan fingerprint density at radius 3 is 2.07 bits per heavy atom. The van der Waals surface area contributed by atoms with Gasteiger partial charge in [0, 0.05) is 30.9 Å². The van der Waals surface area contributed by atoms with Crippen LogP contribution in [0, 0.1) is 0 Å². The minimum atomic E-state index is 0.545. The lowest BCUT2D eigenvalue weighted by atomic mass is 10.2. The predicted molar refractivity (Wildman–Crippen MR) is 114 cm³/mol. The fourth-order valence-corrected chi connectivity index (χ4v) is 3.85. The van der Waals surface area contributed by atoms with E-state index in [-0.39, 0.29) is 0 Å². The van der Waals surface area contributed by atoms with Crippen LogP contribution in [0.3, 0.4) is 0 Å². The third kappa shape index (κ3) is 3.33. The van der Waals surface area contributed by atoms with E-state index < -0.39 is 0 Å². The molecule has 2 heterocycles. The van der Waals surface area contributed by atoms with Crippen LogP contribution < -0.4 is 19.1 Å². The molecule has 0 aliphatic heterocycles. The molecule has 0 spiro atoms. The zero-order valence-electron chi connectivity index (χ0n) is 16.8. The van der Waals surface area contributed by atoms with Gasteiger partial charge in [0.15, 0.2) is 17.3 Å². The van der Waals surface area contributed by atoms with Crippen LogP contribution in [0.5, 0.6) is 17.2 Å². The Kier molecular flexibility index (Phi) is 4.98. The predicted octanol–water partition coefficient (Wildman–Crippen LogP) is 3.61. The fourth-order valence-electron chi connectivity index (χ4n) is 3.03. The Bertz CT molecular complexity index is 1130. The highest BCUT2D eigenvalue weighted by Gasteiger charge is 2.19. The van der Waals surface area contributed by atoms with Gasteiger partial charge in [-0.1, -0.05) is 11.3 Å². The summed E-state index contributed by atoms with van der Waals surface area (Å²) < 4.78 is 18.1.